The maximum Gasteiger partial charge on any atom is 0.186 e. The van der Waals surface area contributed by atoms with Gasteiger partial charge in [-0.3, -0.25) is 4.98 Å². The zero-order valence-corrected chi connectivity index (χ0v) is 22.8. The van der Waals surface area contributed by atoms with E-state index in [4.69, 9.17) is 19.9 Å². The number of nitrogens with one attached hydrogen (secondary N) is 1. The van der Waals surface area contributed by atoms with Gasteiger partial charge in [0.25, 0.3) is 0 Å². The van der Waals surface area contributed by atoms with Crippen LogP contribution in [0.3, 0.4) is 0 Å². The zero-order chi connectivity index (χ0) is 26.5. The molecule has 0 saturated heterocycles. The summed E-state index contributed by atoms with van der Waals surface area (Å²) in [5, 5.41) is 4.07. The molecule has 2 heterocycles. The van der Waals surface area contributed by atoms with Gasteiger partial charge in [-0.1, -0.05) is 0 Å². The molecule has 198 valence electrons. The molecule has 0 bridgehead atoms. The lowest BCUT2D eigenvalue weighted by molar-refractivity contribution is 0.0384. The third kappa shape index (κ3) is 6.36. The quantitative estimate of drug-likeness (QED) is 0.247. The van der Waals surface area contributed by atoms with E-state index in [1.54, 1.807) is 50.4 Å². The number of nitrogens with two attached hydrogens (primary N) is 1. The highest BCUT2D eigenvalue weighted by molar-refractivity contribution is 7.92. The van der Waals surface area contributed by atoms with Gasteiger partial charge in [-0.15, -0.1) is 11.3 Å². The molecule has 37 heavy (non-hydrogen) atoms. The van der Waals surface area contributed by atoms with Crippen LogP contribution in [0.1, 0.15) is 20.8 Å². The third-order valence-corrected chi connectivity index (χ3v) is 8.95. The molecule has 0 unspecified atom stereocenters. The molecule has 0 aliphatic rings. The van der Waals surface area contributed by atoms with E-state index < -0.39 is 14.6 Å². The Balaban J connectivity index is 1.62. The molecule has 4 aromatic rings. The first-order valence-corrected chi connectivity index (χ1v) is 14.3. The molecular formula is C26H32N4O5S2. The highest BCUT2D eigenvalue weighted by Crippen LogP contribution is 2.37. The predicted octanol–water partition coefficient (Wildman–Crippen LogP) is 4.53. The van der Waals surface area contributed by atoms with Gasteiger partial charge in [-0.2, -0.15) is 0 Å². The number of hydrogen-bond donors (Lipinski definition) is 2. The van der Waals surface area contributed by atoms with Crippen LogP contribution in [0.5, 0.6) is 5.75 Å². The van der Waals surface area contributed by atoms with E-state index in [9.17, 15) is 8.42 Å². The normalized spacial score (nSPS) is 12.3. The molecule has 0 amide bonds. The molecule has 0 fully saturated rings. The molecular weight excluding hydrogens is 512 g/mol. The van der Waals surface area contributed by atoms with E-state index in [1.807, 2.05) is 29.8 Å². The number of benzene rings is 2. The van der Waals surface area contributed by atoms with Crippen molar-refractivity contribution >= 4 is 53.7 Å². The fraction of sp³-hybridized carbons (Fsp3) is 0.385. The molecule has 2 aromatic carbocycles. The van der Waals surface area contributed by atoms with Crippen LogP contribution in [-0.4, -0.2) is 62.7 Å². The molecule has 3 N–H and O–H groups in total. The van der Waals surface area contributed by atoms with Crippen molar-refractivity contribution in [3.05, 3.63) is 48.1 Å². The number of anilines is 2. The standard InChI is InChI=1S/C26H32N4O5S2/c1-26(2,3)37(31,32)25-15-19-20(30-18-4-5-24-22(14-18)29-17-36-24)6-8-28-21(19)16-23(25)35-13-12-34-11-10-33-9-7-27/h4-6,8,14-17H,7,9-13,27H2,1-3H3,(H,28,30). The van der Waals surface area contributed by atoms with Gasteiger partial charge in [0.15, 0.2) is 9.84 Å². The van der Waals surface area contributed by atoms with Crippen molar-refractivity contribution in [3.8, 4) is 5.75 Å². The number of sulfone groups is 1. The first kappa shape index (κ1) is 27.2. The largest absolute Gasteiger partial charge is 0.490 e. The van der Waals surface area contributed by atoms with Crippen molar-refractivity contribution in [1.82, 2.24) is 9.97 Å². The Hall–Kier alpha value is -2.83. The molecule has 9 nitrogen and oxygen atoms in total. The van der Waals surface area contributed by atoms with Gasteiger partial charge in [-0.05, 0) is 51.1 Å². The minimum atomic E-state index is -3.73. The Labute approximate surface area is 220 Å². The lowest BCUT2D eigenvalue weighted by Crippen LogP contribution is -2.28. The second kappa shape index (κ2) is 11.7. The van der Waals surface area contributed by atoms with Crippen LogP contribution < -0.4 is 15.8 Å². The Kier molecular flexibility index (Phi) is 8.60. The minimum Gasteiger partial charge on any atom is -0.490 e. The Morgan fingerprint density at radius 1 is 0.946 bits per heavy atom. The molecule has 0 aliphatic heterocycles. The zero-order valence-electron chi connectivity index (χ0n) is 21.2. The van der Waals surface area contributed by atoms with Crippen molar-refractivity contribution in [3.63, 3.8) is 0 Å². The highest BCUT2D eigenvalue weighted by atomic mass is 32.2. The van der Waals surface area contributed by atoms with Gasteiger partial charge in [0.2, 0.25) is 0 Å². The Bertz CT molecular complexity index is 1470. The van der Waals surface area contributed by atoms with Gasteiger partial charge < -0.3 is 25.3 Å². The van der Waals surface area contributed by atoms with Crippen molar-refractivity contribution in [2.75, 3.05) is 44.9 Å². The Morgan fingerprint density at radius 2 is 1.70 bits per heavy atom. The highest BCUT2D eigenvalue weighted by Gasteiger charge is 2.34. The Morgan fingerprint density at radius 3 is 2.46 bits per heavy atom. The summed E-state index contributed by atoms with van der Waals surface area (Å²) < 4.78 is 43.9. The number of aromatic nitrogens is 2. The van der Waals surface area contributed by atoms with E-state index in [0.717, 1.165) is 21.6 Å². The lowest BCUT2D eigenvalue weighted by atomic mass is 10.1. The molecule has 11 heteroatoms. The van der Waals surface area contributed by atoms with Crippen molar-refractivity contribution in [2.45, 2.75) is 30.4 Å². The van der Waals surface area contributed by atoms with Crippen LogP contribution in [0.2, 0.25) is 0 Å². The number of hydrogen-bond acceptors (Lipinski definition) is 10. The molecule has 0 aliphatic carbocycles. The number of thiazole rings is 1. The van der Waals surface area contributed by atoms with Crippen LogP contribution in [0.4, 0.5) is 11.4 Å². The summed E-state index contributed by atoms with van der Waals surface area (Å²) in [4.78, 5) is 8.97. The van der Waals surface area contributed by atoms with E-state index in [-0.39, 0.29) is 23.9 Å². The molecule has 4 rings (SSSR count). The summed E-state index contributed by atoms with van der Waals surface area (Å²) in [7, 11) is -3.73. The maximum absolute atomic E-state index is 13.6. The van der Waals surface area contributed by atoms with E-state index in [2.05, 4.69) is 15.3 Å². The summed E-state index contributed by atoms with van der Waals surface area (Å²) >= 11 is 1.58. The van der Waals surface area contributed by atoms with Crippen LogP contribution in [0, 0.1) is 0 Å². The van der Waals surface area contributed by atoms with Gasteiger partial charge in [0, 0.05) is 35.6 Å². The van der Waals surface area contributed by atoms with Crippen LogP contribution >= 0.6 is 11.3 Å². The second-order valence-electron chi connectivity index (χ2n) is 9.31. The molecule has 0 radical (unpaired) electrons. The van der Waals surface area contributed by atoms with E-state index in [1.165, 1.54) is 0 Å². The maximum atomic E-state index is 13.6. The third-order valence-electron chi connectivity index (χ3n) is 5.63. The molecule has 0 spiro atoms. The predicted molar refractivity (Wildman–Crippen MR) is 148 cm³/mol. The first-order chi connectivity index (χ1) is 17.7. The number of fused-ring (bicyclic) bond motifs is 2. The summed E-state index contributed by atoms with van der Waals surface area (Å²) in [5.74, 6) is 0.249. The fourth-order valence-corrected chi connectivity index (χ4v) is 5.60. The second-order valence-corrected chi connectivity index (χ2v) is 12.9. The topological polar surface area (TPSA) is 126 Å². The minimum absolute atomic E-state index is 0.116. The molecule has 2 aromatic heterocycles. The van der Waals surface area contributed by atoms with E-state index >= 15 is 0 Å². The monoisotopic (exact) mass is 544 g/mol. The van der Waals surface area contributed by atoms with Gasteiger partial charge in [0.05, 0.1) is 52.4 Å². The number of rotatable bonds is 12. The average Bonchev–Trinajstić information content (AvgIpc) is 3.32. The molecule has 0 atom stereocenters. The van der Waals surface area contributed by atoms with E-state index in [0.29, 0.717) is 37.3 Å². The first-order valence-electron chi connectivity index (χ1n) is 12.0. The van der Waals surface area contributed by atoms with Gasteiger partial charge in [0.1, 0.15) is 17.3 Å². The smallest absolute Gasteiger partial charge is 0.186 e. The molecule has 0 saturated carbocycles. The summed E-state index contributed by atoms with van der Waals surface area (Å²) in [6, 6.07) is 11.1. The van der Waals surface area contributed by atoms with Crippen molar-refractivity contribution < 1.29 is 22.6 Å². The average molecular weight is 545 g/mol. The van der Waals surface area contributed by atoms with Crippen molar-refractivity contribution in [1.29, 1.82) is 0 Å². The van der Waals surface area contributed by atoms with Gasteiger partial charge in [-0.25, -0.2) is 13.4 Å². The summed E-state index contributed by atoms with van der Waals surface area (Å²) in [6.45, 7) is 7.26. The SMILES string of the molecule is CC(C)(C)S(=O)(=O)c1cc2c(Nc3ccc4scnc4c3)ccnc2cc1OCCOCCOCCN. The summed E-state index contributed by atoms with van der Waals surface area (Å²) in [5.41, 5.74) is 10.3. The van der Waals surface area contributed by atoms with Gasteiger partial charge >= 0.3 is 0 Å². The lowest BCUT2D eigenvalue weighted by Gasteiger charge is -2.22. The number of nitrogens with zero attached hydrogens (tertiary/aromatic N) is 2. The number of pyridine rings is 1. The van der Waals surface area contributed by atoms with Crippen LogP contribution in [0.25, 0.3) is 21.1 Å². The fourth-order valence-electron chi connectivity index (χ4n) is 3.62. The summed E-state index contributed by atoms with van der Waals surface area (Å²) in [6.07, 6.45) is 1.68. The van der Waals surface area contributed by atoms with Crippen LogP contribution in [-0.2, 0) is 19.3 Å². The van der Waals surface area contributed by atoms with Crippen LogP contribution in [0.15, 0.2) is 53.0 Å². The number of ether oxygens (including phenoxy) is 3. The van der Waals surface area contributed by atoms with Crippen molar-refractivity contribution in [2.24, 2.45) is 5.73 Å².